The Bertz CT molecular complexity index is 1320. The van der Waals surface area contributed by atoms with Crippen molar-refractivity contribution in [3.8, 4) is 5.75 Å². The number of carbonyl (C=O) groups is 1. The van der Waals surface area contributed by atoms with E-state index in [2.05, 4.69) is 41.9 Å². The topological polar surface area (TPSA) is 117 Å². The molecule has 1 atom stereocenters. The first-order valence-electron chi connectivity index (χ1n) is 9.55. The average molecular weight is 566 g/mol. The summed E-state index contributed by atoms with van der Waals surface area (Å²) in [5.41, 5.74) is -0.108. The molecule has 166 valence electrons. The zero-order chi connectivity index (χ0) is 23.6. The molecule has 0 N–H and O–H groups in total. The van der Waals surface area contributed by atoms with Crippen molar-refractivity contribution in [3.63, 3.8) is 0 Å². The van der Waals surface area contributed by atoms with E-state index in [4.69, 9.17) is 4.74 Å². The zero-order valence-electron chi connectivity index (χ0n) is 17.3. The second-order valence-corrected chi connectivity index (χ2v) is 8.83. The zero-order valence-corrected chi connectivity index (χ0v) is 20.5. The van der Waals surface area contributed by atoms with Crippen LogP contribution in [-0.2, 0) is 4.79 Å². The molecule has 2 aromatic carbocycles. The van der Waals surface area contributed by atoms with Crippen LogP contribution in [0.25, 0.3) is 10.9 Å². The maximum absolute atomic E-state index is 13.2. The molecule has 0 amide bonds. The highest BCUT2D eigenvalue weighted by Crippen LogP contribution is 2.34. The molecule has 9 nitrogen and oxygen atoms in total. The van der Waals surface area contributed by atoms with Crippen molar-refractivity contribution in [2.45, 2.75) is 33.1 Å². The molecule has 0 radical (unpaired) electrons. The summed E-state index contributed by atoms with van der Waals surface area (Å²) in [6, 6.07) is 7.94. The van der Waals surface area contributed by atoms with Crippen LogP contribution in [0.15, 0.2) is 49.2 Å². The van der Waals surface area contributed by atoms with Crippen LogP contribution in [0.5, 0.6) is 5.75 Å². The lowest BCUT2D eigenvalue weighted by molar-refractivity contribution is -0.385. The van der Waals surface area contributed by atoms with Gasteiger partial charge in [-0.1, -0.05) is 45.7 Å². The molecule has 0 saturated heterocycles. The van der Waals surface area contributed by atoms with Gasteiger partial charge >= 0.3 is 11.7 Å². The number of aromatic nitrogens is 2. The van der Waals surface area contributed by atoms with Crippen LogP contribution >= 0.6 is 31.9 Å². The molecule has 0 fully saturated rings. The lowest BCUT2D eigenvalue weighted by atomic mass is 10.1. The number of nitro benzene ring substituents is 1. The molecule has 0 unspecified atom stereocenters. The van der Waals surface area contributed by atoms with Crippen molar-refractivity contribution in [1.29, 1.82) is 0 Å². The fourth-order valence-electron chi connectivity index (χ4n) is 2.99. The van der Waals surface area contributed by atoms with E-state index in [1.54, 1.807) is 18.2 Å². The molecule has 1 heterocycles. The number of hydrogen-bond donors (Lipinski definition) is 0. The standard InChI is InChI=1S/C21H18Br2N4O5/c1-4-11(2)20-25-17-6-5-14(22)8-16(17)21(29)26(20)24-10-13-7-15(23)9-18(27(30)31)19(13)32-12(3)28/h5-11H,4H2,1-3H3/t11-/m1/s1. The Morgan fingerprint density at radius 2 is 2.03 bits per heavy atom. The largest absolute Gasteiger partial charge is 0.419 e. The maximum Gasteiger partial charge on any atom is 0.313 e. The van der Waals surface area contributed by atoms with Gasteiger partial charge < -0.3 is 4.74 Å². The van der Waals surface area contributed by atoms with Gasteiger partial charge in [-0.25, -0.2) is 4.98 Å². The Kier molecular flexibility index (Phi) is 7.19. The summed E-state index contributed by atoms with van der Waals surface area (Å²) in [6.45, 7) is 5.03. The number of hydrogen-bond acceptors (Lipinski definition) is 7. The number of nitrogens with zero attached hydrogens (tertiary/aromatic N) is 4. The van der Waals surface area contributed by atoms with Crippen LogP contribution in [0.4, 0.5) is 5.69 Å². The minimum absolute atomic E-state index is 0.0855. The van der Waals surface area contributed by atoms with E-state index in [1.807, 2.05) is 13.8 Å². The number of benzene rings is 2. The Labute approximate surface area is 199 Å². The van der Waals surface area contributed by atoms with Gasteiger partial charge in [-0.15, -0.1) is 0 Å². The van der Waals surface area contributed by atoms with Gasteiger partial charge in [-0.05, 0) is 30.7 Å². The summed E-state index contributed by atoms with van der Waals surface area (Å²) >= 11 is 6.58. The quantitative estimate of drug-likeness (QED) is 0.134. The molecule has 3 aromatic rings. The second-order valence-electron chi connectivity index (χ2n) is 7.00. The van der Waals surface area contributed by atoms with Crippen LogP contribution in [0.1, 0.15) is 44.5 Å². The van der Waals surface area contributed by atoms with Gasteiger partial charge in [0.05, 0.1) is 22.0 Å². The molecule has 11 heteroatoms. The highest BCUT2D eigenvalue weighted by atomic mass is 79.9. The Morgan fingerprint density at radius 1 is 1.31 bits per heavy atom. The van der Waals surface area contributed by atoms with Gasteiger partial charge in [0.2, 0.25) is 5.75 Å². The molecule has 0 saturated carbocycles. The lowest BCUT2D eigenvalue weighted by Crippen LogP contribution is -2.23. The summed E-state index contributed by atoms with van der Waals surface area (Å²) in [5, 5.41) is 16.1. The fourth-order valence-corrected chi connectivity index (χ4v) is 3.81. The van der Waals surface area contributed by atoms with Crippen LogP contribution in [-0.4, -0.2) is 26.8 Å². The van der Waals surface area contributed by atoms with E-state index in [0.29, 0.717) is 27.6 Å². The van der Waals surface area contributed by atoms with Gasteiger partial charge in [0, 0.05) is 33.4 Å². The fraction of sp³-hybridized carbons (Fsp3) is 0.238. The molecule has 0 aliphatic heterocycles. The van der Waals surface area contributed by atoms with Gasteiger partial charge in [-0.2, -0.15) is 9.78 Å². The van der Waals surface area contributed by atoms with E-state index in [-0.39, 0.29) is 22.8 Å². The lowest BCUT2D eigenvalue weighted by Gasteiger charge is -2.14. The minimum Gasteiger partial charge on any atom is -0.419 e. The molecule has 0 spiro atoms. The molecule has 0 aliphatic carbocycles. The summed E-state index contributed by atoms with van der Waals surface area (Å²) < 4.78 is 7.37. The predicted octanol–water partition coefficient (Wildman–Crippen LogP) is 5.15. The second kappa shape index (κ2) is 9.70. The predicted molar refractivity (Wildman–Crippen MR) is 128 cm³/mol. The van der Waals surface area contributed by atoms with Crippen molar-refractivity contribution in [1.82, 2.24) is 9.66 Å². The summed E-state index contributed by atoms with van der Waals surface area (Å²) in [4.78, 5) is 40.2. The summed E-state index contributed by atoms with van der Waals surface area (Å²) in [6.07, 6.45) is 1.96. The number of fused-ring (bicyclic) bond motifs is 1. The van der Waals surface area contributed by atoms with E-state index in [9.17, 15) is 19.7 Å². The Morgan fingerprint density at radius 3 is 2.66 bits per heavy atom. The number of ether oxygens (including phenoxy) is 1. The van der Waals surface area contributed by atoms with Gasteiger partial charge in [0.1, 0.15) is 5.82 Å². The smallest absolute Gasteiger partial charge is 0.313 e. The molecule has 1 aromatic heterocycles. The SMILES string of the molecule is CC[C@@H](C)c1nc2ccc(Br)cc2c(=O)n1N=Cc1cc(Br)cc([N+](=O)[O-])c1OC(C)=O. The van der Waals surface area contributed by atoms with E-state index >= 15 is 0 Å². The molecular weight excluding hydrogens is 548 g/mol. The van der Waals surface area contributed by atoms with Crippen LogP contribution in [0, 0.1) is 10.1 Å². The van der Waals surface area contributed by atoms with Crippen LogP contribution in [0.2, 0.25) is 0 Å². The third-order valence-electron chi connectivity index (χ3n) is 4.70. The molecule has 0 bridgehead atoms. The molecule has 3 rings (SSSR count). The normalized spacial score (nSPS) is 12.3. The number of rotatable bonds is 6. The van der Waals surface area contributed by atoms with Gasteiger partial charge in [-0.3, -0.25) is 19.7 Å². The molecular formula is C21H18Br2N4O5. The van der Waals surface area contributed by atoms with Crippen molar-refractivity contribution in [2.75, 3.05) is 0 Å². The highest BCUT2D eigenvalue weighted by Gasteiger charge is 2.22. The third kappa shape index (κ3) is 4.94. The van der Waals surface area contributed by atoms with Crippen molar-refractivity contribution >= 4 is 60.6 Å². The molecule has 32 heavy (non-hydrogen) atoms. The first kappa shape index (κ1) is 23.7. The van der Waals surface area contributed by atoms with Gasteiger partial charge in [0.25, 0.3) is 5.56 Å². The van der Waals surface area contributed by atoms with Crippen molar-refractivity contribution in [3.05, 3.63) is 71.1 Å². The molecule has 0 aliphatic rings. The third-order valence-corrected chi connectivity index (χ3v) is 5.66. The minimum atomic E-state index is -0.722. The maximum atomic E-state index is 13.2. The van der Waals surface area contributed by atoms with Crippen molar-refractivity contribution in [2.24, 2.45) is 5.10 Å². The summed E-state index contributed by atoms with van der Waals surface area (Å²) in [7, 11) is 0. The first-order valence-corrected chi connectivity index (χ1v) is 11.1. The van der Waals surface area contributed by atoms with Crippen molar-refractivity contribution < 1.29 is 14.5 Å². The Hall–Kier alpha value is -2.92. The van der Waals surface area contributed by atoms with Crippen LogP contribution < -0.4 is 10.3 Å². The number of esters is 1. The average Bonchev–Trinajstić information content (AvgIpc) is 2.73. The summed E-state index contributed by atoms with van der Waals surface area (Å²) in [5.74, 6) is -0.622. The van der Waals surface area contributed by atoms with E-state index in [1.165, 1.54) is 23.0 Å². The number of nitro groups is 1. The highest BCUT2D eigenvalue weighted by molar-refractivity contribution is 9.10. The van der Waals surface area contributed by atoms with E-state index < -0.39 is 16.6 Å². The van der Waals surface area contributed by atoms with E-state index in [0.717, 1.165) is 11.4 Å². The number of carbonyl (C=O) groups excluding carboxylic acids is 1. The Balaban J connectivity index is 2.26. The van der Waals surface area contributed by atoms with Gasteiger partial charge in [0.15, 0.2) is 0 Å². The monoisotopic (exact) mass is 564 g/mol. The first-order chi connectivity index (χ1) is 15.1. The van der Waals surface area contributed by atoms with Crippen LogP contribution in [0.3, 0.4) is 0 Å². The number of halogens is 2.